The number of hydrogen-bond acceptors (Lipinski definition) is 4. The highest BCUT2D eigenvalue weighted by atomic mass is 32.2. The molecule has 0 unspecified atom stereocenters. The van der Waals surface area contributed by atoms with Gasteiger partial charge in [0.1, 0.15) is 0 Å². The summed E-state index contributed by atoms with van der Waals surface area (Å²) in [6.45, 7) is 8.93. The van der Waals surface area contributed by atoms with Crippen molar-refractivity contribution >= 4 is 41.0 Å². The van der Waals surface area contributed by atoms with Gasteiger partial charge in [-0.2, -0.15) is 0 Å². The van der Waals surface area contributed by atoms with Crippen LogP contribution in [0.2, 0.25) is 0 Å². The fourth-order valence-corrected chi connectivity index (χ4v) is 6.02. The first-order chi connectivity index (χ1) is 19.9. The molecule has 5 rings (SSSR count). The Morgan fingerprint density at radius 1 is 0.927 bits per heavy atom. The molecule has 0 saturated heterocycles. The van der Waals surface area contributed by atoms with Gasteiger partial charge in [0.15, 0.2) is 0 Å². The molecule has 6 heteroatoms. The van der Waals surface area contributed by atoms with Crippen molar-refractivity contribution in [2.45, 2.75) is 32.2 Å². The number of nitrogens with zero attached hydrogens (tertiary/aromatic N) is 2. The van der Waals surface area contributed by atoms with E-state index in [4.69, 9.17) is 0 Å². The van der Waals surface area contributed by atoms with E-state index < -0.39 is 0 Å². The molecule has 0 radical (unpaired) electrons. The lowest BCUT2D eigenvalue weighted by Crippen LogP contribution is -2.34. The van der Waals surface area contributed by atoms with Gasteiger partial charge in [-0.1, -0.05) is 78.0 Å². The molecule has 1 heterocycles. The van der Waals surface area contributed by atoms with Crippen molar-refractivity contribution in [1.29, 1.82) is 0 Å². The minimum absolute atomic E-state index is 0.0182. The Hall–Kier alpha value is -4.29. The van der Waals surface area contributed by atoms with Gasteiger partial charge in [-0.3, -0.25) is 9.59 Å². The minimum Gasteiger partial charge on any atom is -0.370 e. The molecule has 0 aliphatic carbocycles. The predicted octanol–water partition coefficient (Wildman–Crippen LogP) is 7.24. The lowest BCUT2D eigenvalue weighted by molar-refractivity contribution is -0.114. The number of aryl methyl sites for hydroxylation is 2. The molecular weight excluding hydrogens is 526 g/mol. The van der Waals surface area contributed by atoms with Crippen LogP contribution in [-0.4, -0.2) is 31.4 Å². The van der Waals surface area contributed by atoms with Crippen LogP contribution in [0.1, 0.15) is 39.5 Å². The second-order valence-corrected chi connectivity index (χ2v) is 11.3. The summed E-state index contributed by atoms with van der Waals surface area (Å²) < 4.78 is 0. The van der Waals surface area contributed by atoms with E-state index in [0.717, 1.165) is 40.5 Å². The van der Waals surface area contributed by atoms with Crippen LogP contribution in [-0.2, 0) is 11.3 Å². The van der Waals surface area contributed by atoms with E-state index >= 15 is 0 Å². The summed E-state index contributed by atoms with van der Waals surface area (Å²) in [4.78, 5) is 32.4. The quantitative estimate of drug-likeness (QED) is 0.219. The number of amides is 2. The van der Waals surface area contributed by atoms with E-state index in [-0.39, 0.29) is 11.8 Å². The predicted molar refractivity (Wildman–Crippen MR) is 170 cm³/mol. The standard InChI is InChI=1S/C35H35N3O2S/c1-4-37(30-10-6-5-7-11-30)21-20-36-34(39)28-18-16-27(17-19-28)23-33-35(40)38(31-12-8-9-13-32(31)41-33)24-29-22-25(2)14-15-26(29)3/h5-19,22-23H,4,20-21,24H2,1-3H3,(H,36,39). The molecular formula is C35H35N3O2S. The summed E-state index contributed by atoms with van der Waals surface area (Å²) in [6, 6.07) is 32.0. The maximum Gasteiger partial charge on any atom is 0.265 e. The Labute approximate surface area is 246 Å². The third kappa shape index (κ3) is 6.72. The van der Waals surface area contributed by atoms with E-state index in [2.05, 4.69) is 67.4 Å². The van der Waals surface area contributed by atoms with Crippen molar-refractivity contribution < 1.29 is 9.59 Å². The molecule has 41 heavy (non-hydrogen) atoms. The van der Waals surface area contributed by atoms with Crippen LogP contribution >= 0.6 is 11.8 Å². The van der Waals surface area contributed by atoms with Crippen molar-refractivity contribution in [3.63, 3.8) is 0 Å². The van der Waals surface area contributed by atoms with E-state index in [1.807, 2.05) is 71.6 Å². The van der Waals surface area contributed by atoms with E-state index in [0.29, 0.717) is 23.6 Å². The number of carbonyl (C=O) groups excluding carboxylic acids is 2. The molecule has 2 amide bonds. The van der Waals surface area contributed by atoms with Gasteiger partial charge in [0.05, 0.1) is 17.1 Å². The summed E-state index contributed by atoms with van der Waals surface area (Å²) in [5.74, 6) is -0.125. The van der Waals surface area contributed by atoms with Crippen LogP contribution in [0.15, 0.2) is 107 Å². The Balaban J connectivity index is 1.28. The SMILES string of the molecule is CCN(CCNC(=O)c1ccc(C=C2Sc3ccccc3N(Cc3cc(C)ccc3C)C2=O)cc1)c1ccccc1. The first-order valence-corrected chi connectivity index (χ1v) is 14.8. The number of anilines is 2. The lowest BCUT2D eigenvalue weighted by atomic mass is 10.0. The Kier molecular flexibility index (Phi) is 8.90. The van der Waals surface area contributed by atoms with Gasteiger partial charge in [-0.15, -0.1) is 0 Å². The number of nitrogens with one attached hydrogen (secondary N) is 1. The maximum absolute atomic E-state index is 13.7. The van der Waals surface area contributed by atoms with Crippen LogP contribution in [0, 0.1) is 13.8 Å². The molecule has 0 saturated carbocycles. The average molecular weight is 562 g/mol. The number of fused-ring (bicyclic) bond motifs is 1. The van der Waals surface area contributed by atoms with Gasteiger partial charge < -0.3 is 15.1 Å². The zero-order valence-electron chi connectivity index (χ0n) is 23.8. The molecule has 1 N–H and O–H groups in total. The van der Waals surface area contributed by atoms with Gasteiger partial charge in [-0.25, -0.2) is 0 Å². The maximum atomic E-state index is 13.7. The monoisotopic (exact) mass is 561 g/mol. The third-order valence-electron chi connectivity index (χ3n) is 7.31. The van der Waals surface area contributed by atoms with Crippen molar-refractivity contribution in [2.24, 2.45) is 0 Å². The molecule has 1 aliphatic rings. The lowest BCUT2D eigenvalue weighted by Gasteiger charge is -2.31. The molecule has 0 fully saturated rings. The first kappa shape index (κ1) is 28.2. The van der Waals surface area contributed by atoms with E-state index in [1.54, 1.807) is 0 Å². The van der Waals surface area contributed by atoms with Gasteiger partial charge in [0.25, 0.3) is 11.8 Å². The largest absolute Gasteiger partial charge is 0.370 e. The molecule has 4 aromatic carbocycles. The Bertz CT molecular complexity index is 1560. The molecule has 0 aromatic heterocycles. The average Bonchev–Trinajstić information content (AvgIpc) is 3.00. The number of thioether (sulfide) groups is 1. The molecule has 208 valence electrons. The van der Waals surface area contributed by atoms with Crippen molar-refractivity contribution in [2.75, 3.05) is 29.4 Å². The second kappa shape index (κ2) is 12.9. The molecule has 0 atom stereocenters. The van der Waals surface area contributed by atoms with E-state index in [9.17, 15) is 9.59 Å². The third-order valence-corrected chi connectivity index (χ3v) is 8.38. The van der Waals surface area contributed by atoms with Crippen molar-refractivity contribution in [3.8, 4) is 0 Å². The first-order valence-electron chi connectivity index (χ1n) is 14.0. The second-order valence-electron chi connectivity index (χ2n) is 10.2. The van der Waals surface area contributed by atoms with Crippen LogP contribution < -0.4 is 15.1 Å². The fourth-order valence-electron chi connectivity index (χ4n) is 4.96. The number of hydrogen-bond donors (Lipinski definition) is 1. The number of carbonyl (C=O) groups is 2. The summed E-state index contributed by atoms with van der Waals surface area (Å²) in [5.41, 5.74) is 7.04. The zero-order valence-corrected chi connectivity index (χ0v) is 24.6. The number of para-hydroxylation sites is 2. The topological polar surface area (TPSA) is 52.7 Å². The molecule has 1 aliphatic heterocycles. The van der Waals surface area contributed by atoms with Gasteiger partial charge in [-0.05, 0) is 79.9 Å². The summed E-state index contributed by atoms with van der Waals surface area (Å²) in [7, 11) is 0. The minimum atomic E-state index is -0.106. The van der Waals surface area contributed by atoms with Crippen molar-refractivity contribution in [3.05, 3.63) is 130 Å². The highest BCUT2D eigenvalue weighted by Gasteiger charge is 2.29. The van der Waals surface area contributed by atoms with Crippen LogP contribution in [0.4, 0.5) is 11.4 Å². The Morgan fingerprint density at radius 2 is 1.66 bits per heavy atom. The van der Waals surface area contributed by atoms with Gasteiger partial charge in [0.2, 0.25) is 0 Å². The smallest absolute Gasteiger partial charge is 0.265 e. The summed E-state index contributed by atoms with van der Waals surface area (Å²) in [5, 5.41) is 3.03. The van der Waals surface area contributed by atoms with Crippen molar-refractivity contribution in [1.82, 2.24) is 5.32 Å². The summed E-state index contributed by atoms with van der Waals surface area (Å²) >= 11 is 1.49. The molecule has 0 spiro atoms. The zero-order chi connectivity index (χ0) is 28.8. The number of likely N-dealkylation sites (N-methyl/N-ethyl adjacent to an activating group) is 1. The van der Waals surface area contributed by atoms with Crippen LogP contribution in [0.25, 0.3) is 6.08 Å². The van der Waals surface area contributed by atoms with Crippen LogP contribution in [0.3, 0.4) is 0 Å². The summed E-state index contributed by atoms with van der Waals surface area (Å²) in [6.07, 6.45) is 1.92. The van der Waals surface area contributed by atoms with Crippen LogP contribution in [0.5, 0.6) is 0 Å². The van der Waals surface area contributed by atoms with E-state index in [1.165, 1.54) is 22.9 Å². The highest BCUT2D eigenvalue weighted by Crippen LogP contribution is 2.42. The molecule has 4 aromatic rings. The number of benzene rings is 4. The van der Waals surface area contributed by atoms with Gasteiger partial charge in [0, 0.05) is 35.8 Å². The Morgan fingerprint density at radius 3 is 2.41 bits per heavy atom. The van der Waals surface area contributed by atoms with Gasteiger partial charge >= 0.3 is 0 Å². The normalized spacial score (nSPS) is 13.7. The number of rotatable bonds is 9. The molecule has 0 bridgehead atoms. The highest BCUT2D eigenvalue weighted by molar-refractivity contribution is 8.04. The fraction of sp³-hybridized carbons (Fsp3) is 0.200. The molecule has 5 nitrogen and oxygen atoms in total.